The second-order valence-corrected chi connectivity index (χ2v) is 6.25. The number of halogens is 1. The standard InChI is InChI=1S/C12H10BrN3S/c1-7-11(13)17-12(15-7)8-3-4-10-9(5-8)14-6-16(10)2/h3-6H,1-2H3. The molecule has 0 aliphatic rings. The molecule has 0 unspecified atom stereocenters. The van der Waals surface area contributed by atoms with E-state index in [0.29, 0.717) is 0 Å². The van der Waals surface area contributed by atoms with Gasteiger partial charge in [-0.2, -0.15) is 0 Å². The van der Waals surface area contributed by atoms with Gasteiger partial charge in [-0.1, -0.05) is 0 Å². The Balaban J connectivity index is 2.17. The number of hydrogen-bond donors (Lipinski definition) is 0. The predicted molar refractivity (Wildman–Crippen MR) is 74.3 cm³/mol. The maximum absolute atomic E-state index is 4.53. The molecule has 2 heterocycles. The van der Waals surface area contributed by atoms with Crippen molar-refractivity contribution in [1.82, 2.24) is 14.5 Å². The van der Waals surface area contributed by atoms with Crippen molar-refractivity contribution in [3.05, 3.63) is 34.0 Å². The van der Waals surface area contributed by atoms with Crippen LogP contribution in [0.15, 0.2) is 28.3 Å². The van der Waals surface area contributed by atoms with Crippen molar-refractivity contribution < 1.29 is 0 Å². The molecule has 3 aromatic rings. The molecule has 86 valence electrons. The molecule has 2 aromatic heterocycles. The Morgan fingerprint density at radius 2 is 2.18 bits per heavy atom. The number of imidazole rings is 1. The maximum atomic E-state index is 4.53. The molecule has 0 atom stereocenters. The molecule has 1 aromatic carbocycles. The summed E-state index contributed by atoms with van der Waals surface area (Å²) in [6.45, 7) is 2.00. The fourth-order valence-electron chi connectivity index (χ4n) is 1.77. The van der Waals surface area contributed by atoms with Gasteiger partial charge in [0.1, 0.15) is 5.01 Å². The van der Waals surface area contributed by atoms with Crippen molar-refractivity contribution in [2.24, 2.45) is 7.05 Å². The SMILES string of the molecule is Cc1nc(-c2ccc3c(c2)ncn3C)sc1Br. The van der Waals surface area contributed by atoms with Crippen LogP contribution in [-0.2, 0) is 7.05 Å². The molecule has 0 radical (unpaired) electrons. The summed E-state index contributed by atoms with van der Waals surface area (Å²) < 4.78 is 3.11. The average Bonchev–Trinajstić information content (AvgIpc) is 2.84. The van der Waals surface area contributed by atoms with E-state index in [1.54, 1.807) is 11.3 Å². The van der Waals surface area contributed by atoms with E-state index in [1.807, 2.05) is 24.9 Å². The first-order chi connectivity index (χ1) is 8.15. The third-order valence-corrected chi connectivity index (χ3v) is 4.77. The minimum absolute atomic E-state index is 1.01. The van der Waals surface area contributed by atoms with Crippen LogP contribution in [0.25, 0.3) is 21.6 Å². The lowest BCUT2D eigenvalue weighted by Gasteiger charge is -1.97. The van der Waals surface area contributed by atoms with Crippen molar-refractivity contribution in [3.63, 3.8) is 0 Å². The Morgan fingerprint density at radius 3 is 2.88 bits per heavy atom. The van der Waals surface area contributed by atoms with Crippen molar-refractivity contribution in [1.29, 1.82) is 0 Å². The van der Waals surface area contributed by atoms with Gasteiger partial charge in [-0.15, -0.1) is 11.3 Å². The summed E-state index contributed by atoms with van der Waals surface area (Å²) in [4.78, 5) is 8.89. The topological polar surface area (TPSA) is 30.7 Å². The molecule has 0 fully saturated rings. The van der Waals surface area contributed by atoms with Crippen LogP contribution in [-0.4, -0.2) is 14.5 Å². The highest BCUT2D eigenvalue weighted by atomic mass is 79.9. The van der Waals surface area contributed by atoms with E-state index in [1.165, 1.54) is 0 Å². The summed E-state index contributed by atoms with van der Waals surface area (Å²) in [5.74, 6) is 0. The van der Waals surface area contributed by atoms with Gasteiger partial charge in [0.15, 0.2) is 0 Å². The second-order valence-electron chi connectivity index (χ2n) is 3.94. The number of rotatable bonds is 1. The zero-order valence-corrected chi connectivity index (χ0v) is 11.8. The summed E-state index contributed by atoms with van der Waals surface area (Å²) in [7, 11) is 2.00. The summed E-state index contributed by atoms with van der Waals surface area (Å²) >= 11 is 5.16. The van der Waals surface area contributed by atoms with Crippen LogP contribution in [0.5, 0.6) is 0 Å². The first kappa shape index (κ1) is 10.9. The molecule has 0 aliphatic heterocycles. The van der Waals surface area contributed by atoms with Gasteiger partial charge in [0, 0.05) is 12.6 Å². The van der Waals surface area contributed by atoms with E-state index >= 15 is 0 Å². The highest BCUT2D eigenvalue weighted by Crippen LogP contribution is 2.32. The van der Waals surface area contributed by atoms with E-state index in [-0.39, 0.29) is 0 Å². The Kier molecular flexibility index (Phi) is 2.52. The molecule has 3 nitrogen and oxygen atoms in total. The summed E-state index contributed by atoms with van der Waals surface area (Å²) in [6, 6.07) is 6.26. The predicted octanol–water partition coefficient (Wildman–Crippen LogP) is 3.77. The number of aryl methyl sites for hydroxylation is 2. The van der Waals surface area contributed by atoms with Crippen LogP contribution in [0.2, 0.25) is 0 Å². The van der Waals surface area contributed by atoms with E-state index in [4.69, 9.17) is 0 Å². The number of nitrogens with zero attached hydrogens (tertiary/aromatic N) is 3. The summed E-state index contributed by atoms with van der Waals surface area (Å²) in [5.41, 5.74) is 4.30. The van der Waals surface area contributed by atoms with Crippen LogP contribution in [0.1, 0.15) is 5.69 Å². The minimum Gasteiger partial charge on any atom is -0.334 e. The smallest absolute Gasteiger partial charge is 0.124 e. The van der Waals surface area contributed by atoms with Gasteiger partial charge in [-0.3, -0.25) is 0 Å². The molecule has 0 bridgehead atoms. The van der Waals surface area contributed by atoms with E-state index in [2.05, 4.69) is 44.1 Å². The summed E-state index contributed by atoms with van der Waals surface area (Å²) in [6.07, 6.45) is 1.83. The lowest BCUT2D eigenvalue weighted by Crippen LogP contribution is -1.83. The number of thiazole rings is 1. The molecule has 0 saturated carbocycles. The van der Waals surface area contributed by atoms with Crippen LogP contribution < -0.4 is 0 Å². The molecule has 5 heteroatoms. The largest absolute Gasteiger partial charge is 0.334 e. The quantitative estimate of drug-likeness (QED) is 0.685. The molecule has 0 amide bonds. The van der Waals surface area contributed by atoms with Crippen molar-refractivity contribution in [2.45, 2.75) is 6.92 Å². The van der Waals surface area contributed by atoms with E-state index in [0.717, 1.165) is 31.1 Å². The maximum Gasteiger partial charge on any atom is 0.124 e. The Bertz CT molecular complexity index is 679. The fraction of sp³-hybridized carbons (Fsp3) is 0.167. The van der Waals surface area contributed by atoms with Crippen LogP contribution >= 0.6 is 27.3 Å². The van der Waals surface area contributed by atoms with Gasteiger partial charge in [0.05, 0.1) is 26.8 Å². The third-order valence-electron chi connectivity index (χ3n) is 2.71. The normalized spacial score (nSPS) is 11.2. The molecule has 0 saturated heterocycles. The van der Waals surface area contributed by atoms with Gasteiger partial charge in [-0.25, -0.2) is 9.97 Å². The van der Waals surface area contributed by atoms with E-state index < -0.39 is 0 Å². The fourth-order valence-corrected chi connectivity index (χ4v) is 3.11. The van der Waals surface area contributed by atoms with Gasteiger partial charge >= 0.3 is 0 Å². The Labute approximate surface area is 111 Å². The Morgan fingerprint density at radius 1 is 1.35 bits per heavy atom. The summed E-state index contributed by atoms with van der Waals surface area (Å²) in [5, 5.41) is 1.03. The lowest BCUT2D eigenvalue weighted by atomic mass is 10.2. The molecule has 17 heavy (non-hydrogen) atoms. The highest BCUT2D eigenvalue weighted by Gasteiger charge is 2.09. The van der Waals surface area contributed by atoms with Crippen LogP contribution in [0, 0.1) is 6.92 Å². The van der Waals surface area contributed by atoms with Crippen molar-refractivity contribution >= 4 is 38.3 Å². The van der Waals surface area contributed by atoms with Crippen LogP contribution in [0.4, 0.5) is 0 Å². The van der Waals surface area contributed by atoms with Gasteiger partial charge in [-0.05, 0) is 41.1 Å². The molecular weight excluding hydrogens is 298 g/mol. The number of aromatic nitrogens is 3. The van der Waals surface area contributed by atoms with Crippen molar-refractivity contribution in [2.75, 3.05) is 0 Å². The zero-order valence-electron chi connectivity index (χ0n) is 9.44. The van der Waals surface area contributed by atoms with Crippen LogP contribution in [0.3, 0.4) is 0 Å². The molecule has 0 aliphatic carbocycles. The van der Waals surface area contributed by atoms with E-state index in [9.17, 15) is 0 Å². The minimum atomic E-state index is 1.01. The molecular formula is C12H10BrN3S. The first-order valence-electron chi connectivity index (χ1n) is 5.19. The third kappa shape index (κ3) is 1.79. The average molecular weight is 308 g/mol. The molecule has 0 spiro atoms. The van der Waals surface area contributed by atoms with Gasteiger partial charge in [0.25, 0.3) is 0 Å². The monoisotopic (exact) mass is 307 g/mol. The highest BCUT2D eigenvalue weighted by molar-refractivity contribution is 9.11. The Hall–Kier alpha value is -1.20. The van der Waals surface area contributed by atoms with Crippen molar-refractivity contribution in [3.8, 4) is 10.6 Å². The first-order valence-corrected chi connectivity index (χ1v) is 6.80. The lowest BCUT2D eigenvalue weighted by molar-refractivity contribution is 0.948. The second kappa shape index (κ2) is 3.92. The number of fused-ring (bicyclic) bond motifs is 1. The molecule has 0 N–H and O–H groups in total. The molecule has 3 rings (SSSR count). The number of benzene rings is 1. The van der Waals surface area contributed by atoms with Gasteiger partial charge < -0.3 is 4.57 Å². The number of hydrogen-bond acceptors (Lipinski definition) is 3. The zero-order chi connectivity index (χ0) is 12.0. The van der Waals surface area contributed by atoms with Gasteiger partial charge in [0.2, 0.25) is 0 Å².